The van der Waals surface area contributed by atoms with Crippen molar-refractivity contribution in [2.24, 2.45) is 0 Å². The summed E-state index contributed by atoms with van der Waals surface area (Å²) in [6.45, 7) is 0. The first-order valence-electron chi connectivity index (χ1n) is 12.0. The predicted molar refractivity (Wildman–Crippen MR) is 153 cm³/mol. The monoisotopic (exact) mass is 576 g/mol. The van der Waals surface area contributed by atoms with Crippen LogP contribution in [0.1, 0.15) is 22.0 Å². The van der Waals surface area contributed by atoms with E-state index >= 15 is 0 Å². The number of carbonyl (C=O) groups is 2. The van der Waals surface area contributed by atoms with Gasteiger partial charge in [-0.3, -0.25) is 24.6 Å². The largest absolute Gasteiger partial charge is 0.478 e. The summed E-state index contributed by atoms with van der Waals surface area (Å²) in [4.78, 5) is 42.6. The Hall–Kier alpha value is -4.64. The molecule has 3 aromatic carbocycles. The Kier molecular flexibility index (Phi) is 7.83. The number of nitrogens with zero attached hydrogens (tertiary/aromatic N) is 3. The molecule has 1 aliphatic rings. The molecule has 0 spiro atoms. The third kappa shape index (κ3) is 5.99. The van der Waals surface area contributed by atoms with Gasteiger partial charge in [-0.05, 0) is 48.0 Å². The summed E-state index contributed by atoms with van der Waals surface area (Å²) in [6.07, 6.45) is 3.18. The molecule has 10 nitrogen and oxygen atoms in total. The van der Waals surface area contributed by atoms with Gasteiger partial charge in [0.25, 0.3) is 5.56 Å². The molecule has 0 aliphatic carbocycles. The smallest absolute Gasteiger partial charge is 0.335 e. The summed E-state index contributed by atoms with van der Waals surface area (Å²) in [5, 5.41) is 14.4. The average molecular weight is 577 g/mol. The summed E-state index contributed by atoms with van der Waals surface area (Å²) < 4.78 is 1.27. The molecule has 12 heteroatoms. The third-order valence-corrected chi connectivity index (χ3v) is 6.61. The van der Waals surface area contributed by atoms with Crippen molar-refractivity contribution in [1.29, 1.82) is 0 Å². The molecule has 202 valence electrons. The van der Waals surface area contributed by atoms with Crippen LogP contribution in [0.15, 0.2) is 101 Å². The van der Waals surface area contributed by atoms with Crippen molar-refractivity contribution < 1.29 is 14.7 Å². The highest BCUT2D eigenvalue weighted by atomic mass is 35.5. The first-order valence-corrected chi connectivity index (χ1v) is 12.8. The molecule has 4 N–H and O–H groups in total. The summed E-state index contributed by atoms with van der Waals surface area (Å²) in [6, 6.07) is 20.6. The maximum absolute atomic E-state index is 13.5. The molecular weight excluding hydrogens is 555 g/mol. The molecule has 1 aromatic heterocycles. The van der Waals surface area contributed by atoms with E-state index in [1.807, 2.05) is 30.3 Å². The molecule has 0 saturated carbocycles. The number of anilines is 2. The van der Waals surface area contributed by atoms with Crippen LogP contribution in [0.4, 0.5) is 11.4 Å². The molecule has 1 amide bonds. The topological polar surface area (TPSA) is 129 Å². The Morgan fingerprint density at radius 1 is 1.00 bits per heavy atom. The highest BCUT2D eigenvalue weighted by molar-refractivity contribution is 6.31. The molecule has 40 heavy (non-hydrogen) atoms. The van der Waals surface area contributed by atoms with Gasteiger partial charge in [0, 0.05) is 28.8 Å². The van der Waals surface area contributed by atoms with Gasteiger partial charge in [0.2, 0.25) is 5.91 Å². The number of nitrogens with one attached hydrogen (secondary N) is 3. The number of carbonyl (C=O) groups excluding carboxylic acids is 1. The zero-order valence-corrected chi connectivity index (χ0v) is 22.2. The van der Waals surface area contributed by atoms with Crippen LogP contribution in [-0.2, 0) is 11.2 Å². The lowest BCUT2D eigenvalue weighted by atomic mass is 10.0. The Labute approximate surface area is 238 Å². The number of hydrazine groups is 2. The zero-order valence-electron chi connectivity index (χ0n) is 20.7. The highest BCUT2D eigenvalue weighted by Gasteiger charge is 2.24. The lowest BCUT2D eigenvalue weighted by Crippen LogP contribution is -2.36. The number of hydrogen-bond donors (Lipinski definition) is 4. The molecular formula is C28H22Cl2N6O4. The van der Waals surface area contributed by atoms with E-state index in [1.54, 1.807) is 29.4 Å². The number of amides is 1. The van der Waals surface area contributed by atoms with Crippen LogP contribution < -0.4 is 26.8 Å². The van der Waals surface area contributed by atoms with Crippen molar-refractivity contribution in [3.63, 3.8) is 0 Å². The van der Waals surface area contributed by atoms with Crippen LogP contribution in [0.25, 0.3) is 11.3 Å². The predicted octanol–water partition coefficient (Wildman–Crippen LogP) is 4.55. The van der Waals surface area contributed by atoms with Crippen LogP contribution in [0, 0.1) is 0 Å². The van der Waals surface area contributed by atoms with Crippen molar-refractivity contribution in [1.82, 2.24) is 20.5 Å². The van der Waals surface area contributed by atoms with Crippen molar-refractivity contribution in [2.45, 2.75) is 12.5 Å². The van der Waals surface area contributed by atoms with Gasteiger partial charge in [-0.15, -0.1) is 5.53 Å². The fourth-order valence-corrected chi connectivity index (χ4v) is 4.52. The van der Waals surface area contributed by atoms with Crippen molar-refractivity contribution in [3.8, 4) is 11.3 Å². The first kappa shape index (κ1) is 26.9. The van der Waals surface area contributed by atoms with Gasteiger partial charge in [0.05, 0.1) is 29.5 Å². The molecule has 2 heterocycles. The minimum absolute atomic E-state index is 0.0906. The molecule has 5 rings (SSSR count). The number of rotatable bonds is 8. The number of aromatic carboxylic acids is 1. The zero-order chi connectivity index (χ0) is 28.2. The number of aromatic nitrogens is 2. The summed E-state index contributed by atoms with van der Waals surface area (Å²) >= 11 is 12.3. The number of benzene rings is 3. The fraction of sp³-hybridized carbons (Fsp3) is 0.0714. The normalized spacial score (nSPS) is 13.3. The van der Waals surface area contributed by atoms with Crippen molar-refractivity contribution in [3.05, 3.63) is 123 Å². The van der Waals surface area contributed by atoms with E-state index in [2.05, 4.69) is 21.3 Å². The Balaban J connectivity index is 1.49. The lowest BCUT2D eigenvalue weighted by molar-refractivity contribution is -0.119. The molecule has 0 radical (unpaired) electrons. The molecule has 0 bridgehead atoms. The molecule has 0 saturated heterocycles. The lowest BCUT2D eigenvalue weighted by Gasteiger charge is -2.21. The second-order valence-electron chi connectivity index (χ2n) is 8.84. The van der Waals surface area contributed by atoms with Gasteiger partial charge in [-0.2, -0.15) is 0 Å². The van der Waals surface area contributed by atoms with Gasteiger partial charge in [-0.25, -0.2) is 9.78 Å². The maximum atomic E-state index is 13.5. The SMILES string of the molecule is O=C(O)c1ccc(NC(=O)[C@H](Cc2ccccc2)n2cnc(-c3cc(Cl)ccc3N3C=C(Cl)NN3)cc2=O)cc1. The molecule has 0 unspecified atom stereocenters. The number of halogens is 2. The molecule has 1 atom stereocenters. The maximum Gasteiger partial charge on any atom is 0.335 e. The second-order valence-corrected chi connectivity index (χ2v) is 9.69. The van der Waals surface area contributed by atoms with E-state index < -0.39 is 23.5 Å². The first-order chi connectivity index (χ1) is 19.3. The Morgan fingerprint density at radius 2 is 1.75 bits per heavy atom. The minimum Gasteiger partial charge on any atom is -0.478 e. The average Bonchev–Trinajstić information content (AvgIpc) is 3.38. The number of hydrogen-bond acceptors (Lipinski definition) is 7. The van der Waals surface area contributed by atoms with E-state index in [0.29, 0.717) is 32.8 Å². The standard InChI is InChI=1S/C28H22Cl2N6O4/c29-19-8-11-23(36-15-25(30)33-34-36)21(13-19)22-14-26(37)35(16-31-22)24(12-17-4-2-1-3-5-17)27(38)32-20-9-6-18(7-10-20)28(39)40/h1-11,13-16,24,33-34H,12H2,(H,32,38)(H,39,40)/t24-/m0/s1. The third-order valence-electron chi connectivity index (χ3n) is 6.18. The highest BCUT2D eigenvalue weighted by Crippen LogP contribution is 2.32. The van der Waals surface area contributed by atoms with Crippen LogP contribution in [0.2, 0.25) is 5.02 Å². The van der Waals surface area contributed by atoms with Crippen LogP contribution in [0.3, 0.4) is 0 Å². The Bertz CT molecular complexity index is 1660. The van der Waals surface area contributed by atoms with Gasteiger partial charge in [0.1, 0.15) is 11.2 Å². The summed E-state index contributed by atoms with van der Waals surface area (Å²) in [5.41, 5.74) is 8.09. The second kappa shape index (κ2) is 11.6. The van der Waals surface area contributed by atoms with Crippen molar-refractivity contribution in [2.75, 3.05) is 10.3 Å². The molecule has 0 fully saturated rings. The molecule has 1 aliphatic heterocycles. The van der Waals surface area contributed by atoms with E-state index in [9.17, 15) is 14.4 Å². The fourth-order valence-electron chi connectivity index (χ4n) is 4.21. The minimum atomic E-state index is -1.07. The molecule has 4 aromatic rings. The van der Waals surface area contributed by atoms with Gasteiger partial charge in [-0.1, -0.05) is 53.5 Å². The number of carboxylic acid groups (broad SMARTS) is 1. The van der Waals surface area contributed by atoms with E-state index in [0.717, 1.165) is 5.56 Å². The quantitative estimate of drug-likeness (QED) is 0.225. The van der Waals surface area contributed by atoms with Gasteiger partial charge >= 0.3 is 5.97 Å². The van der Waals surface area contributed by atoms with Gasteiger partial charge in [0.15, 0.2) is 0 Å². The van der Waals surface area contributed by atoms with Crippen molar-refractivity contribution >= 4 is 46.5 Å². The van der Waals surface area contributed by atoms with E-state index in [1.165, 1.54) is 41.2 Å². The van der Waals surface area contributed by atoms with Crippen LogP contribution >= 0.6 is 23.2 Å². The summed E-state index contributed by atoms with van der Waals surface area (Å²) in [5.74, 6) is -1.53. The summed E-state index contributed by atoms with van der Waals surface area (Å²) in [7, 11) is 0. The van der Waals surface area contributed by atoms with E-state index in [4.69, 9.17) is 28.3 Å². The number of carboxylic acids is 1. The van der Waals surface area contributed by atoms with E-state index in [-0.39, 0.29) is 12.0 Å². The van der Waals surface area contributed by atoms with Crippen LogP contribution in [0.5, 0.6) is 0 Å². The Morgan fingerprint density at radius 3 is 2.40 bits per heavy atom. The van der Waals surface area contributed by atoms with Crippen LogP contribution in [-0.4, -0.2) is 26.5 Å². The van der Waals surface area contributed by atoms with Gasteiger partial charge < -0.3 is 10.4 Å².